The minimum absolute atomic E-state index is 0.602. The molecule has 0 radical (unpaired) electrons. The van der Waals surface area contributed by atoms with Gasteiger partial charge in [-0.3, -0.25) is 4.99 Å². The summed E-state index contributed by atoms with van der Waals surface area (Å²) in [6.07, 6.45) is 5.97. The molecule has 0 saturated heterocycles. The van der Waals surface area contributed by atoms with Gasteiger partial charge in [0.2, 0.25) is 0 Å². The molecule has 1 atom stereocenters. The van der Waals surface area contributed by atoms with E-state index in [1.54, 1.807) is 0 Å². The fourth-order valence-corrected chi connectivity index (χ4v) is 3.47. The van der Waals surface area contributed by atoms with Crippen molar-refractivity contribution in [3.8, 4) is 0 Å². The molecule has 5 nitrogen and oxygen atoms in total. The molecule has 0 aliphatic heterocycles. The van der Waals surface area contributed by atoms with Gasteiger partial charge in [-0.1, -0.05) is 18.2 Å². The first kappa shape index (κ1) is 17.8. The molecule has 1 saturated carbocycles. The Labute approximate surface area is 151 Å². The van der Waals surface area contributed by atoms with E-state index in [0.29, 0.717) is 6.04 Å². The van der Waals surface area contributed by atoms with Crippen molar-refractivity contribution >= 4 is 16.9 Å². The van der Waals surface area contributed by atoms with E-state index in [1.165, 1.54) is 23.7 Å². The quantitative estimate of drug-likeness (QED) is 0.441. The molecular formula is C20H31N5. The Hall–Kier alpha value is -2.01. The number of fused-ring (bicyclic) bond motifs is 1. The lowest BCUT2D eigenvalue weighted by Crippen LogP contribution is -2.46. The minimum atomic E-state index is 0.602. The second-order valence-electron chi connectivity index (χ2n) is 7.17. The second-order valence-corrected chi connectivity index (χ2v) is 7.17. The molecule has 1 aromatic heterocycles. The van der Waals surface area contributed by atoms with Crippen molar-refractivity contribution < 1.29 is 0 Å². The lowest BCUT2D eigenvalue weighted by Gasteiger charge is -2.25. The molecule has 136 valence electrons. The third kappa shape index (κ3) is 4.75. The molecule has 1 aromatic carbocycles. The van der Waals surface area contributed by atoms with Gasteiger partial charge in [0.05, 0.1) is 0 Å². The number of guanidine groups is 1. The fourth-order valence-electron chi connectivity index (χ4n) is 3.47. The van der Waals surface area contributed by atoms with Gasteiger partial charge in [0.25, 0.3) is 0 Å². The fraction of sp³-hybridized carbons (Fsp3) is 0.550. The maximum Gasteiger partial charge on any atom is 0.191 e. The topological polar surface area (TPSA) is 44.6 Å². The maximum absolute atomic E-state index is 4.35. The first-order valence-corrected chi connectivity index (χ1v) is 9.34. The third-order valence-electron chi connectivity index (χ3n) is 5.08. The van der Waals surface area contributed by atoms with E-state index in [0.717, 1.165) is 37.9 Å². The van der Waals surface area contributed by atoms with Gasteiger partial charge in [-0.2, -0.15) is 0 Å². The number of hydrogen-bond donors (Lipinski definition) is 2. The molecule has 1 fully saturated rings. The van der Waals surface area contributed by atoms with E-state index in [9.17, 15) is 0 Å². The molecule has 1 aliphatic rings. The summed E-state index contributed by atoms with van der Waals surface area (Å²) in [5.74, 6) is 1.76. The molecule has 0 amide bonds. The normalized spacial score (nSPS) is 16.4. The highest BCUT2D eigenvalue weighted by atomic mass is 15.2. The van der Waals surface area contributed by atoms with Crippen molar-refractivity contribution in [3.63, 3.8) is 0 Å². The highest BCUT2D eigenvalue weighted by molar-refractivity contribution is 5.80. The standard InChI is InChI=1S/C20H31N5/c1-21-20(23-15-19(24(2)3)17-9-10-17)22-12-6-13-25-14-11-16-7-4-5-8-18(16)25/h4-5,7-8,11,14,17,19H,6,9-10,12-13,15H2,1-3H3,(H2,21,22,23). The Morgan fingerprint density at radius 3 is 2.76 bits per heavy atom. The van der Waals surface area contributed by atoms with Gasteiger partial charge < -0.3 is 20.1 Å². The second kappa shape index (κ2) is 8.39. The molecule has 1 unspecified atom stereocenters. The van der Waals surface area contributed by atoms with Crippen LogP contribution in [0.25, 0.3) is 10.9 Å². The molecule has 25 heavy (non-hydrogen) atoms. The van der Waals surface area contributed by atoms with Crippen LogP contribution >= 0.6 is 0 Å². The van der Waals surface area contributed by atoms with Crippen molar-refractivity contribution in [2.24, 2.45) is 10.9 Å². The highest BCUT2D eigenvalue weighted by Gasteiger charge is 2.32. The zero-order valence-electron chi connectivity index (χ0n) is 15.7. The molecule has 2 N–H and O–H groups in total. The van der Waals surface area contributed by atoms with Crippen molar-refractivity contribution in [2.45, 2.75) is 31.8 Å². The van der Waals surface area contributed by atoms with E-state index in [-0.39, 0.29) is 0 Å². The monoisotopic (exact) mass is 341 g/mol. The van der Waals surface area contributed by atoms with Gasteiger partial charge in [-0.25, -0.2) is 0 Å². The average Bonchev–Trinajstić information content (AvgIpc) is 3.37. The Balaban J connectivity index is 1.41. The maximum atomic E-state index is 4.35. The number of aliphatic imine (C=N–C) groups is 1. The summed E-state index contributed by atoms with van der Waals surface area (Å²) in [5, 5.41) is 8.23. The molecule has 5 heteroatoms. The predicted octanol–water partition coefficient (Wildman–Crippen LogP) is 2.54. The Kier molecular flexibility index (Phi) is 5.97. The lowest BCUT2D eigenvalue weighted by atomic mass is 10.1. The van der Waals surface area contributed by atoms with Crippen LogP contribution in [0.5, 0.6) is 0 Å². The first-order chi connectivity index (χ1) is 12.2. The van der Waals surface area contributed by atoms with Crippen LogP contribution in [0.3, 0.4) is 0 Å². The molecule has 3 rings (SSSR count). The predicted molar refractivity (Wildman–Crippen MR) is 106 cm³/mol. The van der Waals surface area contributed by atoms with Gasteiger partial charge in [-0.05, 0) is 56.8 Å². The zero-order chi connectivity index (χ0) is 17.6. The molecule has 2 aromatic rings. The van der Waals surface area contributed by atoms with E-state index in [1.807, 2.05) is 7.05 Å². The van der Waals surface area contributed by atoms with Crippen molar-refractivity contribution in [1.82, 2.24) is 20.1 Å². The number of nitrogens with zero attached hydrogens (tertiary/aromatic N) is 3. The third-order valence-corrected chi connectivity index (χ3v) is 5.08. The van der Waals surface area contributed by atoms with Gasteiger partial charge in [0.1, 0.15) is 0 Å². The van der Waals surface area contributed by atoms with Gasteiger partial charge >= 0.3 is 0 Å². The summed E-state index contributed by atoms with van der Waals surface area (Å²) in [6.45, 7) is 2.89. The smallest absolute Gasteiger partial charge is 0.191 e. The number of aryl methyl sites for hydroxylation is 1. The summed E-state index contributed by atoms with van der Waals surface area (Å²) in [4.78, 5) is 6.68. The SMILES string of the molecule is CN=C(NCCCn1ccc2ccccc21)NCC(C1CC1)N(C)C. The minimum Gasteiger partial charge on any atom is -0.356 e. The zero-order valence-corrected chi connectivity index (χ0v) is 15.7. The van der Waals surface area contributed by atoms with Crippen LogP contribution in [0.1, 0.15) is 19.3 Å². The molecule has 1 heterocycles. The van der Waals surface area contributed by atoms with Crippen LogP contribution in [0.15, 0.2) is 41.5 Å². The molecular weight excluding hydrogens is 310 g/mol. The van der Waals surface area contributed by atoms with Crippen molar-refractivity contribution in [1.29, 1.82) is 0 Å². The number of hydrogen-bond acceptors (Lipinski definition) is 2. The largest absolute Gasteiger partial charge is 0.356 e. The van der Waals surface area contributed by atoms with Gasteiger partial charge in [0.15, 0.2) is 5.96 Å². The summed E-state index contributed by atoms with van der Waals surface area (Å²) in [6, 6.07) is 11.3. The average molecular weight is 342 g/mol. The number of aromatic nitrogens is 1. The summed E-state index contributed by atoms with van der Waals surface area (Å²) in [5.41, 5.74) is 1.31. The van der Waals surface area contributed by atoms with Crippen LogP contribution in [0.4, 0.5) is 0 Å². The number of rotatable bonds is 8. The van der Waals surface area contributed by atoms with E-state index in [2.05, 4.69) is 75.7 Å². The number of para-hydroxylation sites is 1. The first-order valence-electron chi connectivity index (χ1n) is 9.34. The molecule has 1 aliphatic carbocycles. The van der Waals surface area contributed by atoms with E-state index >= 15 is 0 Å². The van der Waals surface area contributed by atoms with Crippen LogP contribution in [-0.4, -0.2) is 55.7 Å². The summed E-state index contributed by atoms with van der Waals surface area (Å²) < 4.78 is 2.32. The van der Waals surface area contributed by atoms with Crippen LogP contribution in [0.2, 0.25) is 0 Å². The highest BCUT2D eigenvalue weighted by Crippen LogP contribution is 2.34. The Morgan fingerprint density at radius 1 is 1.24 bits per heavy atom. The number of likely N-dealkylation sites (N-methyl/N-ethyl adjacent to an activating group) is 1. The van der Waals surface area contributed by atoms with Crippen molar-refractivity contribution in [2.75, 3.05) is 34.2 Å². The Morgan fingerprint density at radius 2 is 2.04 bits per heavy atom. The summed E-state index contributed by atoms with van der Waals surface area (Å²) in [7, 11) is 6.18. The Bertz CT molecular complexity index is 697. The lowest BCUT2D eigenvalue weighted by molar-refractivity contribution is 0.264. The van der Waals surface area contributed by atoms with E-state index < -0.39 is 0 Å². The molecule has 0 bridgehead atoms. The van der Waals surface area contributed by atoms with E-state index in [4.69, 9.17) is 0 Å². The molecule has 0 spiro atoms. The number of nitrogens with one attached hydrogen (secondary N) is 2. The van der Waals surface area contributed by atoms with Crippen LogP contribution < -0.4 is 10.6 Å². The van der Waals surface area contributed by atoms with Crippen LogP contribution in [0, 0.1) is 5.92 Å². The van der Waals surface area contributed by atoms with Crippen molar-refractivity contribution in [3.05, 3.63) is 36.5 Å². The van der Waals surface area contributed by atoms with Gasteiger partial charge in [-0.15, -0.1) is 0 Å². The summed E-state index contributed by atoms with van der Waals surface area (Å²) >= 11 is 0. The van der Waals surface area contributed by atoms with Gasteiger partial charge in [0, 0.05) is 44.4 Å². The van der Waals surface area contributed by atoms with Crippen LogP contribution in [-0.2, 0) is 6.54 Å². The number of benzene rings is 1.